The number of fused-ring (bicyclic) bond motifs is 1. The molecule has 0 saturated heterocycles. The summed E-state index contributed by atoms with van der Waals surface area (Å²) in [6.07, 6.45) is 4.96. The Labute approximate surface area is 92.7 Å². The first kappa shape index (κ1) is 9.58. The summed E-state index contributed by atoms with van der Waals surface area (Å²) < 4.78 is 15.4. The van der Waals surface area contributed by atoms with Gasteiger partial charge >= 0.3 is 0 Å². The molecule has 82 valence electrons. The monoisotopic (exact) mass is 217 g/mol. The lowest BCUT2D eigenvalue weighted by molar-refractivity contribution is 0.112. The number of aldehydes is 1. The van der Waals surface area contributed by atoms with E-state index in [1.165, 1.54) is 12.1 Å². The van der Waals surface area contributed by atoms with Gasteiger partial charge in [-0.1, -0.05) is 0 Å². The first-order valence-corrected chi connectivity index (χ1v) is 5.46. The predicted octanol–water partition coefficient (Wildman–Crippen LogP) is 3.24. The molecule has 3 rings (SSSR count). The number of halogens is 1. The molecule has 0 radical (unpaired) electrons. The van der Waals surface area contributed by atoms with Gasteiger partial charge in [0.15, 0.2) is 6.29 Å². The van der Waals surface area contributed by atoms with Crippen LogP contribution in [0.25, 0.3) is 10.9 Å². The Morgan fingerprint density at radius 3 is 2.81 bits per heavy atom. The molecule has 16 heavy (non-hydrogen) atoms. The molecule has 0 aliphatic heterocycles. The molecule has 0 amide bonds. The number of hydrogen-bond acceptors (Lipinski definition) is 1. The zero-order valence-corrected chi connectivity index (χ0v) is 9.03. The van der Waals surface area contributed by atoms with Crippen molar-refractivity contribution in [2.24, 2.45) is 0 Å². The summed E-state index contributed by atoms with van der Waals surface area (Å²) in [5.41, 5.74) is 2.49. The predicted molar refractivity (Wildman–Crippen MR) is 60.3 cm³/mol. The van der Waals surface area contributed by atoms with Crippen molar-refractivity contribution in [1.82, 2.24) is 4.57 Å². The Kier molecular flexibility index (Phi) is 1.90. The van der Waals surface area contributed by atoms with E-state index in [4.69, 9.17) is 0 Å². The molecule has 0 bridgehead atoms. The second-order valence-electron chi connectivity index (χ2n) is 4.46. The summed E-state index contributed by atoms with van der Waals surface area (Å²) in [5, 5.41) is 0.736. The first-order chi connectivity index (χ1) is 7.70. The highest BCUT2D eigenvalue weighted by atomic mass is 19.1. The van der Waals surface area contributed by atoms with Crippen molar-refractivity contribution in [2.75, 3.05) is 0 Å². The average molecular weight is 217 g/mol. The average Bonchev–Trinajstić information content (AvgIpc) is 3.00. The van der Waals surface area contributed by atoms with Crippen molar-refractivity contribution in [1.29, 1.82) is 0 Å². The highest BCUT2D eigenvalue weighted by molar-refractivity contribution is 5.99. The van der Waals surface area contributed by atoms with Crippen LogP contribution in [-0.4, -0.2) is 10.9 Å². The summed E-state index contributed by atoms with van der Waals surface area (Å²) >= 11 is 0. The summed E-state index contributed by atoms with van der Waals surface area (Å²) in [5.74, 6) is -0.276. The van der Waals surface area contributed by atoms with Gasteiger partial charge in [-0.05, 0) is 37.5 Å². The first-order valence-electron chi connectivity index (χ1n) is 5.46. The normalized spacial score (nSPS) is 15.6. The van der Waals surface area contributed by atoms with Crippen LogP contribution in [-0.2, 0) is 0 Å². The lowest BCUT2D eigenvalue weighted by Crippen LogP contribution is -1.93. The van der Waals surface area contributed by atoms with Crippen LogP contribution in [0.5, 0.6) is 0 Å². The second-order valence-corrected chi connectivity index (χ2v) is 4.46. The Bertz CT molecular complexity index is 581. The summed E-state index contributed by atoms with van der Waals surface area (Å²) in [6, 6.07) is 3.47. The van der Waals surface area contributed by atoms with Crippen LogP contribution in [0, 0.1) is 12.7 Å². The van der Waals surface area contributed by atoms with Gasteiger partial charge in [-0.2, -0.15) is 0 Å². The number of nitrogens with zero attached hydrogens (tertiary/aromatic N) is 1. The molecule has 1 aromatic heterocycles. The number of carbonyl (C=O) groups is 1. The largest absolute Gasteiger partial charge is 0.343 e. The SMILES string of the molecule is Cc1cc(F)cc2c(C=O)cn(C3CC3)c12. The van der Waals surface area contributed by atoms with E-state index in [0.29, 0.717) is 11.6 Å². The second kappa shape index (κ2) is 3.17. The van der Waals surface area contributed by atoms with E-state index < -0.39 is 0 Å². The smallest absolute Gasteiger partial charge is 0.152 e. The van der Waals surface area contributed by atoms with Gasteiger partial charge in [0.25, 0.3) is 0 Å². The van der Waals surface area contributed by atoms with E-state index in [0.717, 1.165) is 35.6 Å². The fraction of sp³-hybridized carbons (Fsp3) is 0.308. The van der Waals surface area contributed by atoms with Crippen molar-refractivity contribution in [3.8, 4) is 0 Å². The van der Waals surface area contributed by atoms with E-state index in [2.05, 4.69) is 4.57 Å². The van der Waals surface area contributed by atoms with Gasteiger partial charge in [-0.3, -0.25) is 4.79 Å². The van der Waals surface area contributed by atoms with E-state index >= 15 is 0 Å². The summed E-state index contributed by atoms with van der Waals surface area (Å²) in [6.45, 7) is 1.89. The number of carbonyl (C=O) groups excluding carboxylic acids is 1. The van der Waals surface area contributed by atoms with Crippen molar-refractivity contribution in [3.05, 3.63) is 35.3 Å². The third-order valence-electron chi connectivity index (χ3n) is 3.18. The molecule has 0 atom stereocenters. The molecule has 1 heterocycles. The number of rotatable bonds is 2. The Hall–Kier alpha value is -1.64. The van der Waals surface area contributed by atoms with Crippen LogP contribution >= 0.6 is 0 Å². The van der Waals surface area contributed by atoms with E-state index in [-0.39, 0.29) is 5.82 Å². The summed E-state index contributed by atoms with van der Waals surface area (Å²) in [7, 11) is 0. The molecule has 0 N–H and O–H groups in total. The van der Waals surface area contributed by atoms with Gasteiger partial charge in [0.1, 0.15) is 5.82 Å². The fourth-order valence-corrected chi connectivity index (χ4v) is 2.32. The molecule has 2 aromatic rings. The molecule has 1 aliphatic rings. The van der Waals surface area contributed by atoms with Gasteiger partial charge in [0.2, 0.25) is 0 Å². The fourth-order valence-electron chi connectivity index (χ4n) is 2.32. The Morgan fingerprint density at radius 1 is 1.44 bits per heavy atom. The minimum Gasteiger partial charge on any atom is -0.343 e. The molecule has 1 aliphatic carbocycles. The van der Waals surface area contributed by atoms with Crippen molar-refractivity contribution in [2.45, 2.75) is 25.8 Å². The topological polar surface area (TPSA) is 22.0 Å². The van der Waals surface area contributed by atoms with Crippen molar-refractivity contribution in [3.63, 3.8) is 0 Å². The standard InChI is InChI=1S/C13H12FNO/c1-8-4-10(14)5-12-9(7-16)6-15(13(8)12)11-2-3-11/h4-7,11H,2-3H2,1H3. The van der Waals surface area contributed by atoms with Gasteiger partial charge in [0, 0.05) is 23.2 Å². The summed E-state index contributed by atoms with van der Waals surface area (Å²) in [4.78, 5) is 11.0. The molecule has 1 aromatic carbocycles. The lowest BCUT2D eigenvalue weighted by atomic mass is 10.1. The van der Waals surface area contributed by atoms with Crippen molar-refractivity contribution >= 4 is 17.2 Å². The minimum absolute atomic E-state index is 0.276. The third kappa shape index (κ3) is 1.28. The number of hydrogen-bond donors (Lipinski definition) is 0. The molecule has 2 nitrogen and oxygen atoms in total. The van der Waals surface area contributed by atoms with Crippen molar-refractivity contribution < 1.29 is 9.18 Å². The quantitative estimate of drug-likeness (QED) is 0.708. The zero-order valence-electron chi connectivity index (χ0n) is 9.03. The molecular formula is C13H12FNO. The molecule has 1 fully saturated rings. The number of aryl methyl sites for hydroxylation is 1. The molecule has 3 heteroatoms. The maximum atomic E-state index is 13.3. The van der Waals surface area contributed by atoms with E-state index in [1.807, 2.05) is 13.1 Å². The van der Waals surface area contributed by atoms with Crippen LogP contribution in [0.2, 0.25) is 0 Å². The Balaban J connectivity index is 2.39. The van der Waals surface area contributed by atoms with Crippen LogP contribution < -0.4 is 0 Å². The molecular weight excluding hydrogens is 205 g/mol. The van der Waals surface area contributed by atoms with Crippen LogP contribution in [0.4, 0.5) is 4.39 Å². The lowest BCUT2D eigenvalue weighted by Gasteiger charge is -2.05. The zero-order chi connectivity index (χ0) is 11.3. The van der Waals surface area contributed by atoms with E-state index in [9.17, 15) is 9.18 Å². The van der Waals surface area contributed by atoms with Crippen LogP contribution in [0.3, 0.4) is 0 Å². The molecule has 0 unspecified atom stereocenters. The third-order valence-corrected chi connectivity index (χ3v) is 3.18. The molecule has 1 saturated carbocycles. The Morgan fingerprint density at radius 2 is 2.19 bits per heavy atom. The maximum absolute atomic E-state index is 13.3. The van der Waals surface area contributed by atoms with Gasteiger partial charge in [-0.15, -0.1) is 0 Å². The number of aromatic nitrogens is 1. The van der Waals surface area contributed by atoms with E-state index in [1.54, 1.807) is 0 Å². The minimum atomic E-state index is -0.276. The van der Waals surface area contributed by atoms with Crippen LogP contribution in [0.1, 0.15) is 34.8 Å². The van der Waals surface area contributed by atoms with Gasteiger partial charge < -0.3 is 4.57 Å². The maximum Gasteiger partial charge on any atom is 0.152 e. The highest BCUT2D eigenvalue weighted by Crippen LogP contribution is 2.39. The number of benzene rings is 1. The molecule has 0 spiro atoms. The van der Waals surface area contributed by atoms with Gasteiger partial charge in [-0.25, -0.2) is 4.39 Å². The van der Waals surface area contributed by atoms with Gasteiger partial charge in [0.05, 0.1) is 5.52 Å². The van der Waals surface area contributed by atoms with Crippen LogP contribution in [0.15, 0.2) is 18.3 Å². The highest BCUT2D eigenvalue weighted by Gasteiger charge is 2.26.